The molecule has 124 valence electrons. The fourth-order valence-electron chi connectivity index (χ4n) is 2.48. The summed E-state index contributed by atoms with van der Waals surface area (Å²) in [5, 5.41) is 10.2. The first-order valence-electron chi connectivity index (χ1n) is 7.37. The standard InChI is InChI=1S/C18H22FNO3/c1-20(12-17(21)15-6-4-5-7-16(15)19)11-13-8-9-14(22-2)10-18(13)23-3/h4-10,17,21H,11-12H2,1-3H3. The largest absolute Gasteiger partial charge is 0.497 e. The molecule has 2 rings (SSSR count). The fourth-order valence-corrected chi connectivity index (χ4v) is 2.48. The Hall–Kier alpha value is -2.11. The highest BCUT2D eigenvalue weighted by molar-refractivity contribution is 5.40. The van der Waals surface area contributed by atoms with E-state index in [4.69, 9.17) is 9.47 Å². The van der Waals surface area contributed by atoms with Crippen molar-refractivity contribution in [2.75, 3.05) is 27.8 Å². The first-order chi connectivity index (χ1) is 11.0. The van der Waals surface area contributed by atoms with E-state index in [1.807, 2.05) is 30.1 Å². The van der Waals surface area contributed by atoms with Crippen LogP contribution in [0, 0.1) is 5.82 Å². The van der Waals surface area contributed by atoms with Gasteiger partial charge in [0, 0.05) is 30.3 Å². The second-order valence-electron chi connectivity index (χ2n) is 5.41. The molecule has 0 bridgehead atoms. The van der Waals surface area contributed by atoms with E-state index < -0.39 is 11.9 Å². The number of halogens is 1. The summed E-state index contributed by atoms with van der Waals surface area (Å²) < 4.78 is 24.3. The van der Waals surface area contributed by atoms with Gasteiger partial charge < -0.3 is 14.6 Å². The summed E-state index contributed by atoms with van der Waals surface area (Å²) in [4.78, 5) is 1.92. The monoisotopic (exact) mass is 319 g/mol. The third kappa shape index (κ3) is 4.43. The van der Waals surface area contributed by atoms with E-state index in [0.29, 0.717) is 18.7 Å². The van der Waals surface area contributed by atoms with Crippen molar-refractivity contribution >= 4 is 0 Å². The summed E-state index contributed by atoms with van der Waals surface area (Å²) in [5.74, 6) is 1.05. The number of hydrogen-bond acceptors (Lipinski definition) is 4. The molecule has 0 fully saturated rings. The maximum Gasteiger partial charge on any atom is 0.129 e. The number of benzene rings is 2. The van der Waals surface area contributed by atoms with Gasteiger partial charge in [0.15, 0.2) is 0 Å². The molecule has 0 saturated carbocycles. The van der Waals surface area contributed by atoms with Crippen LogP contribution in [0.5, 0.6) is 11.5 Å². The quantitative estimate of drug-likeness (QED) is 0.852. The van der Waals surface area contributed by atoms with Gasteiger partial charge in [-0.1, -0.05) is 24.3 Å². The lowest BCUT2D eigenvalue weighted by molar-refractivity contribution is 0.120. The molecule has 0 radical (unpaired) electrons. The van der Waals surface area contributed by atoms with Crippen molar-refractivity contribution in [2.45, 2.75) is 12.6 Å². The number of aliphatic hydroxyl groups is 1. The van der Waals surface area contributed by atoms with E-state index in [9.17, 15) is 9.50 Å². The molecular weight excluding hydrogens is 297 g/mol. The molecule has 0 aliphatic carbocycles. The lowest BCUT2D eigenvalue weighted by Crippen LogP contribution is -2.25. The Morgan fingerprint density at radius 2 is 1.87 bits per heavy atom. The molecule has 0 aromatic heterocycles. The number of methoxy groups -OCH3 is 2. The number of nitrogens with zero attached hydrogens (tertiary/aromatic N) is 1. The Bertz CT molecular complexity index is 648. The van der Waals surface area contributed by atoms with E-state index in [1.165, 1.54) is 6.07 Å². The van der Waals surface area contributed by atoms with Crippen molar-refractivity contribution in [2.24, 2.45) is 0 Å². The number of hydrogen-bond donors (Lipinski definition) is 1. The second-order valence-corrected chi connectivity index (χ2v) is 5.41. The second kappa shape index (κ2) is 7.94. The zero-order valence-corrected chi connectivity index (χ0v) is 13.6. The molecule has 2 aromatic carbocycles. The molecule has 1 unspecified atom stereocenters. The highest BCUT2D eigenvalue weighted by atomic mass is 19.1. The van der Waals surface area contributed by atoms with Crippen LogP contribution in [0.25, 0.3) is 0 Å². The highest BCUT2D eigenvalue weighted by Gasteiger charge is 2.16. The Balaban J connectivity index is 2.05. The smallest absolute Gasteiger partial charge is 0.129 e. The van der Waals surface area contributed by atoms with Gasteiger partial charge in [-0.05, 0) is 19.2 Å². The van der Waals surface area contributed by atoms with E-state index in [2.05, 4.69) is 0 Å². The molecule has 4 nitrogen and oxygen atoms in total. The van der Waals surface area contributed by atoms with Crippen LogP contribution in [0.15, 0.2) is 42.5 Å². The van der Waals surface area contributed by atoms with Crippen molar-refractivity contribution in [3.8, 4) is 11.5 Å². The number of rotatable bonds is 7. The maximum absolute atomic E-state index is 13.7. The molecule has 0 aliphatic rings. The maximum atomic E-state index is 13.7. The van der Waals surface area contributed by atoms with Crippen molar-refractivity contribution in [3.05, 3.63) is 59.4 Å². The minimum Gasteiger partial charge on any atom is -0.497 e. The van der Waals surface area contributed by atoms with Gasteiger partial charge in [-0.25, -0.2) is 4.39 Å². The first-order valence-corrected chi connectivity index (χ1v) is 7.37. The molecule has 0 amide bonds. The van der Waals surface area contributed by atoms with Crippen LogP contribution in [0.4, 0.5) is 4.39 Å². The van der Waals surface area contributed by atoms with Gasteiger partial charge >= 0.3 is 0 Å². The van der Waals surface area contributed by atoms with E-state index in [0.717, 1.165) is 17.1 Å². The van der Waals surface area contributed by atoms with Crippen molar-refractivity contribution in [1.82, 2.24) is 4.90 Å². The summed E-state index contributed by atoms with van der Waals surface area (Å²) in [7, 11) is 5.07. The minimum atomic E-state index is -0.884. The fraction of sp³-hybridized carbons (Fsp3) is 0.333. The molecule has 5 heteroatoms. The molecule has 0 saturated heterocycles. The van der Waals surface area contributed by atoms with Crippen molar-refractivity contribution in [1.29, 1.82) is 0 Å². The Morgan fingerprint density at radius 3 is 2.52 bits per heavy atom. The average Bonchev–Trinajstić information content (AvgIpc) is 2.55. The van der Waals surface area contributed by atoms with Crippen LogP contribution >= 0.6 is 0 Å². The number of ether oxygens (including phenoxy) is 2. The zero-order valence-electron chi connectivity index (χ0n) is 13.6. The van der Waals surface area contributed by atoms with Crippen LogP contribution < -0.4 is 9.47 Å². The van der Waals surface area contributed by atoms with Crippen LogP contribution in [-0.2, 0) is 6.54 Å². The summed E-state index contributed by atoms with van der Waals surface area (Å²) in [6.45, 7) is 0.884. The molecular formula is C18H22FNO3. The van der Waals surface area contributed by atoms with Crippen LogP contribution in [0.2, 0.25) is 0 Å². The average molecular weight is 319 g/mol. The summed E-state index contributed by atoms with van der Waals surface area (Å²) >= 11 is 0. The third-order valence-electron chi connectivity index (χ3n) is 3.68. The predicted molar refractivity (Wildman–Crippen MR) is 87.2 cm³/mol. The molecule has 0 spiro atoms. The van der Waals surface area contributed by atoms with E-state index >= 15 is 0 Å². The van der Waals surface area contributed by atoms with Crippen LogP contribution in [0.3, 0.4) is 0 Å². The normalized spacial score (nSPS) is 12.3. The highest BCUT2D eigenvalue weighted by Crippen LogP contribution is 2.26. The third-order valence-corrected chi connectivity index (χ3v) is 3.68. The van der Waals surface area contributed by atoms with Crippen LogP contribution in [0.1, 0.15) is 17.2 Å². The summed E-state index contributed by atoms with van der Waals surface area (Å²) in [6, 6.07) is 11.9. The van der Waals surface area contributed by atoms with Gasteiger partial charge in [0.25, 0.3) is 0 Å². The molecule has 2 aromatic rings. The van der Waals surface area contributed by atoms with Crippen molar-refractivity contribution < 1.29 is 19.0 Å². The van der Waals surface area contributed by atoms with E-state index in [1.54, 1.807) is 32.4 Å². The van der Waals surface area contributed by atoms with Crippen molar-refractivity contribution in [3.63, 3.8) is 0 Å². The molecule has 1 atom stereocenters. The molecule has 0 aliphatic heterocycles. The number of likely N-dealkylation sites (N-methyl/N-ethyl adjacent to an activating group) is 1. The molecule has 0 heterocycles. The summed E-state index contributed by atoms with van der Waals surface area (Å²) in [6.07, 6.45) is -0.884. The first kappa shape index (κ1) is 17.2. The van der Waals surface area contributed by atoms with Gasteiger partial charge in [-0.15, -0.1) is 0 Å². The minimum absolute atomic E-state index is 0.307. The predicted octanol–water partition coefficient (Wildman–Crippen LogP) is 3.01. The Labute approximate surface area is 136 Å². The zero-order chi connectivity index (χ0) is 16.8. The molecule has 1 N–H and O–H groups in total. The van der Waals surface area contributed by atoms with Crippen LogP contribution in [-0.4, -0.2) is 37.8 Å². The topological polar surface area (TPSA) is 41.9 Å². The van der Waals surface area contributed by atoms with Gasteiger partial charge in [-0.3, -0.25) is 4.90 Å². The van der Waals surface area contributed by atoms with Gasteiger partial charge in [-0.2, -0.15) is 0 Å². The Kier molecular flexibility index (Phi) is 5.96. The Morgan fingerprint density at radius 1 is 1.13 bits per heavy atom. The molecule has 23 heavy (non-hydrogen) atoms. The van der Waals surface area contributed by atoms with E-state index in [-0.39, 0.29) is 0 Å². The SMILES string of the molecule is COc1ccc(CN(C)CC(O)c2ccccc2F)c(OC)c1. The summed E-state index contributed by atoms with van der Waals surface area (Å²) in [5.41, 5.74) is 1.28. The lowest BCUT2D eigenvalue weighted by atomic mass is 10.1. The van der Waals surface area contributed by atoms with Gasteiger partial charge in [0.05, 0.1) is 20.3 Å². The van der Waals surface area contributed by atoms with Gasteiger partial charge in [0.1, 0.15) is 17.3 Å². The number of aliphatic hydroxyl groups excluding tert-OH is 1. The van der Waals surface area contributed by atoms with Gasteiger partial charge in [0.2, 0.25) is 0 Å². The lowest BCUT2D eigenvalue weighted by Gasteiger charge is -2.22.